The second-order valence-corrected chi connectivity index (χ2v) is 6.77. The number of nitro groups is 1. The van der Waals surface area contributed by atoms with Crippen molar-refractivity contribution < 1.29 is 9.31 Å². The normalized spacial score (nSPS) is 17.4. The molecule has 2 aromatic rings. The van der Waals surface area contributed by atoms with Gasteiger partial charge in [-0.25, -0.2) is 14.4 Å². The van der Waals surface area contributed by atoms with Gasteiger partial charge < -0.3 is 14.7 Å². The Morgan fingerprint density at radius 2 is 1.37 bits per heavy atom. The predicted octanol–water partition coefficient (Wildman–Crippen LogP) is 2.45. The van der Waals surface area contributed by atoms with Gasteiger partial charge in [0.15, 0.2) is 0 Å². The van der Waals surface area contributed by atoms with Crippen LogP contribution < -0.4 is 14.7 Å². The van der Waals surface area contributed by atoms with Gasteiger partial charge in [-0.15, -0.1) is 0 Å². The van der Waals surface area contributed by atoms with Crippen molar-refractivity contribution in [2.75, 3.05) is 54.0 Å². The number of anilines is 3. The van der Waals surface area contributed by atoms with Gasteiger partial charge in [0.1, 0.15) is 12.1 Å². The molecule has 0 spiro atoms. The summed E-state index contributed by atoms with van der Waals surface area (Å²) in [4.78, 5) is 25.9. The minimum absolute atomic E-state index is 0.00497. The predicted molar refractivity (Wildman–Crippen MR) is 101 cm³/mol. The average Bonchev–Trinajstić information content (AvgIpc) is 3.23. The largest absolute Gasteiger partial charge is 0.368 e. The van der Waals surface area contributed by atoms with Crippen molar-refractivity contribution >= 4 is 23.0 Å². The monoisotopic (exact) mass is 372 g/mol. The van der Waals surface area contributed by atoms with Gasteiger partial charge in [0.05, 0.1) is 4.92 Å². The molecule has 1 aromatic heterocycles. The van der Waals surface area contributed by atoms with Crippen LogP contribution in [0.15, 0.2) is 30.6 Å². The zero-order valence-electron chi connectivity index (χ0n) is 14.9. The highest BCUT2D eigenvalue weighted by molar-refractivity contribution is 5.72. The second-order valence-electron chi connectivity index (χ2n) is 6.77. The zero-order valence-corrected chi connectivity index (χ0v) is 14.9. The molecule has 1 aromatic carbocycles. The minimum Gasteiger partial charge on any atom is -0.368 e. The molecule has 0 saturated carbocycles. The lowest BCUT2D eigenvalue weighted by molar-refractivity contribution is -0.383. The maximum Gasteiger partial charge on any atom is 0.353 e. The Hall–Kier alpha value is -2.97. The van der Waals surface area contributed by atoms with Gasteiger partial charge in [-0.05, 0) is 37.1 Å². The van der Waals surface area contributed by atoms with E-state index in [1.165, 1.54) is 18.5 Å². The molecular weight excluding hydrogens is 351 g/mol. The Labute approximate surface area is 156 Å². The molecule has 2 aliphatic rings. The third kappa shape index (κ3) is 3.49. The molecule has 0 bridgehead atoms. The molecule has 27 heavy (non-hydrogen) atoms. The Kier molecular flexibility index (Phi) is 4.74. The lowest BCUT2D eigenvalue weighted by Gasteiger charge is -2.36. The molecular formula is C18H21FN6O2. The summed E-state index contributed by atoms with van der Waals surface area (Å²) in [6, 6.07) is 6.39. The molecule has 0 aliphatic carbocycles. The first-order chi connectivity index (χ1) is 13.1. The van der Waals surface area contributed by atoms with E-state index in [-0.39, 0.29) is 16.4 Å². The van der Waals surface area contributed by atoms with Crippen LogP contribution in [0.4, 0.5) is 27.4 Å². The standard InChI is InChI=1S/C18H21FN6O2/c19-14-3-5-15(6-4-14)22-9-11-24(12-10-22)18-16(25(26)27)17(20-13-21-18)23-7-1-2-8-23/h3-6,13H,1-2,7-12H2. The van der Waals surface area contributed by atoms with Crippen LogP contribution in [0.5, 0.6) is 0 Å². The third-order valence-electron chi connectivity index (χ3n) is 5.14. The van der Waals surface area contributed by atoms with Gasteiger partial charge in [-0.2, -0.15) is 0 Å². The van der Waals surface area contributed by atoms with Crippen molar-refractivity contribution in [3.8, 4) is 0 Å². The number of hydrogen-bond acceptors (Lipinski definition) is 7. The maximum absolute atomic E-state index is 13.1. The van der Waals surface area contributed by atoms with Crippen LogP contribution in [-0.4, -0.2) is 54.2 Å². The van der Waals surface area contributed by atoms with Crippen LogP contribution in [0.3, 0.4) is 0 Å². The van der Waals surface area contributed by atoms with Crippen LogP contribution in [0, 0.1) is 15.9 Å². The molecule has 2 aliphatic heterocycles. The summed E-state index contributed by atoms with van der Waals surface area (Å²) in [5.41, 5.74) is 0.945. The van der Waals surface area contributed by atoms with E-state index in [0.717, 1.165) is 31.6 Å². The topological polar surface area (TPSA) is 78.6 Å². The van der Waals surface area contributed by atoms with Gasteiger partial charge in [0.25, 0.3) is 0 Å². The Morgan fingerprint density at radius 1 is 0.852 bits per heavy atom. The van der Waals surface area contributed by atoms with E-state index in [9.17, 15) is 14.5 Å². The fourth-order valence-corrected chi connectivity index (χ4v) is 3.74. The summed E-state index contributed by atoms with van der Waals surface area (Å²) in [5.74, 6) is 0.544. The molecule has 0 amide bonds. The third-order valence-corrected chi connectivity index (χ3v) is 5.14. The molecule has 9 heteroatoms. The van der Waals surface area contributed by atoms with E-state index in [4.69, 9.17) is 0 Å². The smallest absolute Gasteiger partial charge is 0.353 e. The Bertz CT molecular complexity index is 817. The van der Waals surface area contributed by atoms with Crippen molar-refractivity contribution in [2.24, 2.45) is 0 Å². The molecule has 0 atom stereocenters. The highest BCUT2D eigenvalue weighted by Gasteiger charge is 2.32. The lowest BCUT2D eigenvalue weighted by Crippen LogP contribution is -2.47. The maximum atomic E-state index is 13.1. The van der Waals surface area contributed by atoms with Crippen LogP contribution in [-0.2, 0) is 0 Å². The van der Waals surface area contributed by atoms with Crippen molar-refractivity contribution in [1.29, 1.82) is 0 Å². The number of hydrogen-bond donors (Lipinski definition) is 0. The number of benzene rings is 1. The lowest BCUT2D eigenvalue weighted by atomic mass is 10.2. The number of aromatic nitrogens is 2. The van der Waals surface area contributed by atoms with Gasteiger partial charge >= 0.3 is 5.69 Å². The summed E-state index contributed by atoms with van der Waals surface area (Å²) in [6.07, 6.45) is 3.46. The fraction of sp³-hybridized carbons (Fsp3) is 0.444. The molecule has 2 saturated heterocycles. The van der Waals surface area contributed by atoms with Gasteiger partial charge in [-0.1, -0.05) is 0 Å². The summed E-state index contributed by atoms with van der Waals surface area (Å²) < 4.78 is 13.1. The molecule has 4 rings (SSSR count). The number of rotatable bonds is 4. The number of halogens is 1. The molecule has 8 nitrogen and oxygen atoms in total. The summed E-state index contributed by atoms with van der Waals surface area (Å²) in [7, 11) is 0. The summed E-state index contributed by atoms with van der Waals surface area (Å²) >= 11 is 0. The number of nitrogens with zero attached hydrogens (tertiary/aromatic N) is 6. The van der Waals surface area contributed by atoms with Crippen LogP contribution in [0.25, 0.3) is 0 Å². The Balaban J connectivity index is 1.55. The van der Waals surface area contributed by atoms with Crippen molar-refractivity contribution in [2.45, 2.75) is 12.8 Å². The van der Waals surface area contributed by atoms with Crippen molar-refractivity contribution in [3.63, 3.8) is 0 Å². The van der Waals surface area contributed by atoms with Crippen LogP contribution in [0.2, 0.25) is 0 Å². The van der Waals surface area contributed by atoms with E-state index in [1.54, 1.807) is 12.1 Å². The van der Waals surface area contributed by atoms with Crippen LogP contribution in [0.1, 0.15) is 12.8 Å². The van der Waals surface area contributed by atoms with E-state index < -0.39 is 0 Å². The zero-order chi connectivity index (χ0) is 18.8. The van der Waals surface area contributed by atoms with Gasteiger partial charge in [0, 0.05) is 45.0 Å². The van der Waals surface area contributed by atoms with Crippen LogP contribution >= 0.6 is 0 Å². The molecule has 142 valence electrons. The van der Waals surface area contributed by atoms with Crippen molar-refractivity contribution in [1.82, 2.24) is 9.97 Å². The molecule has 0 radical (unpaired) electrons. The first-order valence-electron chi connectivity index (χ1n) is 9.13. The Morgan fingerprint density at radius 3 is 1.93 bits per heavy atom. The minimum atomic E-state index is -0.366. The SMILES string of the molecule is O=[N+]([O-])c1c(N2CCCC2)ncnc1N1CCN(c2ccc(F)cc2)CC1. The van der Waals surface area contributed by atoms with E-state index in [0.29, 0.717) is 37.8 Å². The van der Waals surface area contributed by atoms with E-state index in [2.05, 4.69) is 14.9 Å². The van der Waals surface area contributed by atoms with Crippen molar-refractivity contribution in [3.05, 3.63) is 46.5 Å². The molecule has 3 heterocycles. The average molecular weight is 372 g/mol. The molecule has 2 fully saturated rings. The van der Waals surface area contributed by atoms with E-state index >= 15 is 0 Å². The second kappa shape index (κ2) is 7.34. The fourth-order valence-electron chi connectivity index (χ4n) is 3.74. The molecule has 0 N–H and O–H groups in total. The summed E-state index contributed by atoms with van der Waals surface area (Å²) in [5, 5.41) is 11.8. The highest BCUT2D eigenvalue weighted by atomic mass is 19.1. The highest BCUT2D eigenvalue weighted by Crippen LogP contribution is 2.36. The van der Waals surface area contributed by atoms with E-state index in [1.807, 2.05) is 9.80 Å². The molecule has 0 unspecified atom stereocenters. The van der Waals surface area contributed by atoms with Gasteiger partial charge in [0.2, 0.25) is 11.6 Å². The first-order valence-corrected chi connectivity index (χ1v) is 9.13. The first kappa shape index (κ1) is 17.4. The summed E-state index contributed by atoms with van der Waals surface area (Å²) in [6.45, 7) is 4.16. The quantitative estimate of drug-likeness (QED) is 0.602. The number of piperazine rings is 1. The van der Waals surface area contributed by atoms with Gasteiger partial charge in [-0.3, -0.25) is 10.1 Å².